The second-order valence-corrected chi connectivity index (χ2v) is 5.00. The van der Waals surface area contributed by atoms with Crippen molar-refractivity contribution in [2.24, 2.45) is 0 Å². The highest BCUT2D eigenvalue weighted by Gasteiger charge is 2.29. The van der Waals surface area contributed by atoms with Gasteiger partial charge in [-0.25, -0.2) is 0 Å². The summed E-state index contributed by atoms with van der Waals surface area (Å²) in [4.78, 5) is 2.35. The molecule has 1 aromatic rings. The maximum atomic E-state index is 10.1. The predicted octanol–water partition coefficient (Wildman–Crippen LogP) is 1.82. The van der Waals surface area contributed by atoms with Crippen molar-refractivity contribution in [3.05, 3.63) is 35.9 Å². The van der Waals surface area contributed by atoms with Gasteiger partial charge in [-0.05, 0) is 31.4 Å². The molecule has 0 aromatic heterocycles. The summed E-state index contributed by atoms with van der Waals surface area (Å²) in [6, 6.07) is 10.4. The number of likely N-dealkylation sites (tertiary alicyclic amines) is 1. The lowest BCUT2D eigenvalue weighted by Crippen LogP contribution is -2.34. The molecule has 0 spiro atoms. The smallest absolute Gasteiger partial charge is 0.0890 e. The zero-order valence-electron chi connectivity index (χ0n) is 10.6. The molecular formula is C14H22ClNO2. The van der Waals surface area contributed by atoms with Crippen molar-refractivity contribution in [2.45, 2.75) is 31.4 Å². The molecule has 0 bridgehead atoms. The van der Waals surface area contributed by atoms with Crippen LogP contribution in [0.1, 0.15) is 24.8 Å². The Hall–Kier alpha value is -0.610. The zero-order valence-corrected chi connectivity index (χ0v) is 11.4. The standard InChI is InChI=1S/C14H21NO2.ClH/c16-12-14(17)7-4-9-15(10-8-14)11-13-5-2-1-3-6-13;/h1-3,5-6,16-17H,4,7-12H2;1H. The minimum Gasteiger partial charge on any atom is -0.393 e. The fourth-order valence-corrected chi connectivity index (χ4v) is 2.39. The molecule has 1 fully saturated rings. The van der Waals surface area contributed by atoms with Gasteiger partial charge in [-0.15, -0.1) is 12.4 Å². The van der Waals surface area contributed by atoms with E-state index in [-0.39, 0.29) is 19.0 Å². The van der Waals surface area contributed by atoms with Gasteiger partial charge in [-0.1, -0.05) is 30.3 Å². The SMILES string of the molecule is Cl.OCC1(O)CCCN(Cc2ccccc2)CC1. The third kappa shape index (κ3) is 4.25. The van der Waals surface area contributed by atoms with Crippen LogP contribution in [0.2, 0.25) is 0 Å². The van der Waals surface area contributed by atoms with E-state index in [1.165, 1.54) is 5.56 Å². The van der Waals surface area contributed by atoms with E-state index in [1.54, 1.807) is 0 Å². The van der Waals surface area contributed by atoms with E-state index in [0.717, 1.165) is 26.1 Å². The summed E-state index contributed by atoms with van der Waals surface area (Å²) in [5.41, 5.74) is 0.452. The molecule has 0 aliphatic carbocycles. The minimum atomic E-state index is -0.856. The summed E-state index contributed by atoms with van der Waals surface area (Å²) < 4.78 is 0. The van der Waals surface area contributed by atoms with Crippen LogP contribution in [0, 0.1) is 0 Å². The molecular weight excluding hydrogens is 250 g/mol. The summed E-state index contributed by atoms with van der Waals surface area (Å²) in [7, 11) is 0. The van der Waals surface area contributed by atoms with Crippen LogP contribution in [0.25, 0.3) is 0 Å². The molecule has 1 heterocycles. The fourth-order valence-electron chi connectivity index (χ4n) is 2.39. The highest BCUT2D eigenvalue weighted by atomic mass is 35.5. The highest BCUT2D eigenvalue weighted by molar-refractivity contribution is 5.85. The van der Waals surface area contributed by atoms with Gasteiger partial charge in [-0.3, -0.25) is 4.90 Å². The van der Waals surface area contributed by atoms with Gasteiger partial charge in [0.25, 0.3) is 0 Å². The lowest BCUT2D eigenvalue weighted by molar-refractivity contribution is -0.0255. The summed E-state index contributed by atoms with van der Waals surface area (Å²) >= 11 is 0. The third-order valence-corrected chi connectivity index (χ3v) is 3.55. The summed E-state index contributed by atoms with van der Waals surface area (Å²) in [5, 5.41) is 19.2. The van der Waals surface area contributed by atoms with Crippen molar-refractivity contribution in [3.63, 3.8) is 0 Å². The Bertz CT molecular complexity index is 347. The summed E-state index contributed by atoms with van der Waals surface area (Å²) in [5.74, 6) is 0. The van der Waals surface area contributed by atoms with Crippen molar-refractivity contribution in [1.29, 1.82) is 0 Å². The molecule has 4 heteroatoms. The van der Waals surface area contributed by atoms with Crippen LogP contribution in [0.4, 0.5) is 0 Å². The second-order valence-electron chi connectivity index (χ2n) is 5.00. The van der Waals surface area contributed by atoms with Gasteiger partial charge < -0.3 is 10.2 Å². The molecule has 0 radical (unpaired) electrons. The molecule has 1 atom stereocenters. The van der Waals surface area contributed by atoms with Gasteiger partial charge in [0.05, 0.1) is 12.2 Å². The zero-order chi connectivity index (χ0) is 12.1. The first-order valence-corrected chi connectivity index (χ1v) is 6.31. The van der Waals surface area contributed by atoms with E-state index in [2.05, 4.69) is 29.2 Å². The largest absolute Gasteiger partial charge is 0.393 e. The Morgan fingerprint density at radius 2 is 1.83 bits per heavy atom. The number of benzene rings is 1. The molecule has 1 aliphatic rings. The lowest BCUT2D eigenvalue weighted by atomic mass is 9.96. The fraction of sp³-hybridized carbons (Fsp3) is 0.571. The van der Waals surface area contributed by atoms with Gasteiger partial charge in [0.15, 0.2) is 0 Å². The summed E-state index contributed by atoms with van der Waals surface area (Å²) in [6.07, 6.45) is 2.31. The van der Waals surface area contributed by atoms with Crippen molar-refractivity contribution in [2.75, 3.05) is 19.7 Å². The topological polar surface area (TPSA) is 43.7 Å². The van der Waals surface area contributed by atoms with Gasteiger partial charge in [0, 0.05) is 13.1 Å². The van der Waals surface area contributed by atoms with Crippen molar-refractivity contribution in [1.82, 2.24) is 4.90 Å². The van der Waals surface area contributed by atoms with Crippen molar-refractivity contribution >= 4 is 12.4 Å². The molecule has 0 amide bonds. The predicted molar refractivity (Wildman–Crippen MR) is 74.9 cm³/mol. The number of aliphatic hydroxyl groups is 2. The number of halogens is 1. The molecule has 18 heavy (non-hydrogen) atoms. The van der Waals surface area contributed by atoms with Crippen LogP contribution in [0.15, 0.2) is 30.3 Å². The first kappa shape index (κ1) is 15.4. The quantitative estimate of drug-likeness (QED) is 0.881. The van der Waals surface area contributed by atoms with Crippen molar-refractivity contribution < 1.29 is 10.2 Å². The van der Waals surface area contributed by atoms with E-state index in [1.807, 2.05) is 6.07 Å². The average Bonchev–Trinajstić information content (AvgIpc) is 2.54. The number of aliphatic hydroxyl groups excluding tert-OH is 1. The summed E-state index contributed by atoms with van der Waals surface area (Å²) in [6.45, 7) is 2.66. The second kappa shape index (κ2) is 7.10. The van der Waals surface area contributed by atoms with Crippen LogP contribution in [0.3, 0.4) is 0 Å². The molecule has 102 valence electrons. The number of hydrogen-bond donors (Lipinski definition) is 2. The molecule has 2 N–H and O–H groups in total. The van der Waals surface area contributed by atoms with Gasteiger partial charge in [0.1, 0.15) is 0 Å². The molecule has 1 aliphatic heterocycles. The van der Waals surface area contributed by atoms with Gasteiger partial charge in [0.2, 0.25) is 0 Å². The van der Waals surface area contributed by atoms with Crippen molar-refractivity contribution in [3.8, 4) is 0 Å². The molecule has 3 nitrogen and oxygen atoms in total. The maximum Gasteiger partial charge on any atom is 0.0890 e. The third-order valence-electron chi connectivity index (χ3n) is 3.55. The Morgan fingerprint density at radius 3 is 2.50 bits per heavy atom. The van der Waals surface area contributed by atoms with E-state index < -0.39 is 5.60 Å². The first-order valence-electron chi connectivity index (χ1n) is 6.31. The van der Waals surface area contributed by atoms with Crippen LogP contribution in [-0.4, -0.2) is 40.4 Å². The first-order chi connectivity index (χ1) is 8.22. The number of nitrogens with zero attached hydrogens (tertiary/aromatic N) is 1. The number of rotatable bonds is 3. The molecule has 0 saturated carbocycles. The minimum absolute atomic E-state index is 0. The monoisotopic (exact) mass is 271 g/mol. The Kier molecular flexibility index (Phi) is 6.09. The Morgan fingerprint density at radius 1 is 1.11 bits per heavy atom. The van der Waals surface area contributed by atoms with E-state index in [0.29, 0.717) is 12.8 Å². The number of hydrogen-bond acceptors (Lipinski definition) is 3. The van der Waals surface area contributed by atoms with Crippen LogP contribution in [-0.2, 0) is 6.54 Å². The van der Waals surface area contributed by atoms with Crippen LogP contribution < -0.4 is 0 Å². The molecule has 1 aromatic carbocycles. The van der Waals surface area contributed by atoms with Crippen LogP contribution >= 0.6 is 12.4 Å². The molecule has 1 saturated heterocycles. The van der Waals surface area contributed by atoms with E-state index in [9.17, 15) is 10.2 Å². The van der Waals surface area contributed by atoms with Gasteiger partial charge >= 0.3 is 0 Å². The van der Waals surface area contributed by atoms with Gasteiger partial charge in [-0.2, -0.15) is 0 Å². The van der Waals surface area contributed by atoms with Crippen LogP contribution in [0.5, 0.6) is 0 Å². The Labute approximate surface area is 115 Å². The Balaban J connectivity index is 0.00000162. The molecule has 1 unspecified atom stereocenters. The maximum absolute atomic E-state index is 10.1. The lowest BCUT2D eigenvalue weighted by Gasteiger charge is -2.24. The normalized spacial score (nSPS) is 25.2. The average molecular weight is 272 g/mol. The van der Waals surface area contributed by atoms with E-state index >= 15 is 0 Å². The highest BCUT2D eigenvalue weighted by Crippen LogP contribution is 2.22. The molecule has 2 rings (SSSR count). The van der Waals surface area contributed by atoms with E-state index in [4.69, 9.17) is 0 Å².